The van der Waals surface area contributed by atoms with Gasteiger partial charge in [-0.1, -0.05) is 147 Å². The molecular weight excluding hydrogens is 657 g/mol. The second-order valence-electron chi connectivity index (χ2n) is 14.2. The second kappa shape index (κ2) is 13.6. The van der Waals surface area contributed by atoms with Gasteiger partial charge in [0.2, 0.25) is 0 Å². The third-order valence-corrected chi connectivity index (χ3v) is 14.2. The quantitative estimate of drug-likeness (QED) is 0.146. The van der Waals surface area contributed by atoms with Crippen molar-refractivity contribution in [3.8, 4) is 33.4 Å². The zero-order chi connectivity index (χ0) is 35.8. The fourth-order valence-electron chi connectivity index (χ4n) is 8.00. The van der Waals surface area contributed by atoms with Crippen LogP contribution >= 0.6 is 0 Å². The predicted molar refractivity (Wildman–Crippen MR) is 229 cm³/mol. The standard InChI is InChI=1S/C50H40N2Si/c1-53(2)48-25-15-24-46(38-28-33-45(34-29-38)52(42-20-11-5-12-21-42)43-22-13-6-14-23-43)50(48)47-35-30-39(36-49(47)53)37-26-31-44(32-27-37)51(40-16-7-3-8-17-40)41-18-9-4-10-19-41/h3-36H,1-2H3. The van der Waals surface area contributed by atoms with E-state index in [9.17, 15) is 0 Å². The molecule has 0 saturated heterocycles. The van der Waals surface area contributed by atoms with Gasteiger partial charge >= 0.3 is 0 Å². The van der Waals surface area contributed by atoms with Gasteiger partial charge in [-0.05, 0) is 117 Å². The Labute approximate surface area is 313 Å². The van der Waals surface area contributed by atoms with E-state index in [-0.39, 0.29) is 0 Å². The Morgan fingerprint density at radius 1 is 0.302 bits per heavy atom. The second-order valence-corrected chi connectivity index (χ2v) is 18.5. The molecule has 0 radical (unpaired) electrons. The molecule has 2 nitrogen and oxygen atoms in total. The molecule has 0 fully saturated rings. The van der Waals surface area contributed by atoms with Crippen molar-refractivity contribution >= 4 is 52.6 Å². The van der Waals surface area contributed by atoms with E-state index < -0.39 is 8.07 Å². The first-order valence-electron chi connectivity index (χ1n) is 18.4. The maximum absolute atomic E-state index is 2.51. The Balaban J connectivity index is 1.06. The number of fused-ring (bicyclic) bond motifs is 3. The SMILES string of the molecule is C[Si]1(C)c2cc(-c3ccc(N(c4ccccc4)c4ccccc4)cc3)ccc2-c2c(-c3ccc(N(c4ccccc4)c4ccccc4)cc3)cccc21. The number of para-hydroxylation sites is 4. The van der Waals surface area contributed by atoms with Gasteiger partial charge in [-0.15, -0.1) is 0 Å². The average Bonchev–Trinajstić information content (AvgIpc) is 3.46. The lowest BCUT2D eigenvalue weighted by molar-refractivity contribution is 1.28. The summed E-state index contributed by atoms with van der Waals surface area (Å²) >= 11 is 0. The van der Waals surface area contributed by atoms with E-state index in [1.807, 2.05) is 0 Å². The van der Waals surface area contributed by atoms with Gasteiger partial charge in [-0.25, -0.2) is 0 Å². The first-order chi connectivity index (χ1) is 26.1. The van der Waals surface area contributed by atoms with Crippen LogP contribution in [0.1, 0.15) is 0 Å². The third kappa shape index (κ3) is 5.95. The number of hydrogen-bond acceptors (Lipinski definition) is 2. The number of anilines is 6. The summed E-state index contributed by atoms with van der Waals surface area (Å²) in [4.78, 5) is 4.63. The molecule has 0 bridgehead atoms. The van der Waals surface area contributed by atoms with Crippen LogP contribution in [0.25, 0.3) is 33.4 Å². The van der Waals surface area contributed by atoms with Crippen LogP contribution in [0.3, 0.4) is 0 Å². The van der Waals surface area contributed by atoms with Crippen molar-refractivity contribution in [2.45, 2.75) is 13.1 Å². The summed E-state index contributed by atoms with van der Waals surface area (Å²) in [5, 5.41) is 3.02. The van der Waals surface area contributed by atoms with Gasteiger partial charge in [-0.2, -0.15) is 0 Å². The van der Waals surface area contributed by atoms with Crippen molar-refractivity contribution in [3.05, 3.63) is 206 Å². The first-order valence-corrected chi connectivity index (χ1v) is 21.4. The van der Waals surface area contributed by atoms with Crippen LogP contribution in [-0.4, -0.2) is 8.07 Å². The van der Waals surface area contributed by atoms with Crippen LogP contribution in [0.15, 0.2) is 206 Å². The van der Waals surface area contributed by atoms with Crippen LogP contribution < -0.4 is 20.2 Å². The molecule has 3 heteroatoms. The first kappa shape index (κ1) is 32.5. The predicted octanol–water partition coefficient (Wildman–Crippen LogP) is 12.8. The summed E-state index contributed by atoms with van der Waals surface area (Å²) < 4.78 is 0. The van der Waals surface area contributed by atoms with Gasteiger partial charge in [0.1, 0.15) is 8.07 Å². The Hall–Kier alpha value is -6.42. The molecular formula is C50H40N2Si. The summed E-state index contributed by atoms with van der Waals surface area (Å²) in [7, 11) is -1.96. The van der Waals surface area contributed by atoms with E-state index in [1.165, 1.54) is 43.8 Å². The minimum absolute atomic E-state index is 1.14. The summed E-state index contributed by atoms with van der Waals surface area (Å²) in [5.74, 6) is 0. The molecule has 8 aromatic rings. The maximum atomic E-state index is 2.51. The van der Waals surface area contributed by atoms with Crippen LogP contribution in [-0.2, 0) is 0 Å². The van der Waals surface area contributed by atoms with Crippen molar-refractivity contribution in [1.29, 1.82) is 0 Å². The molecule has 9 rings (SSSR count). The number of benzene rings is 8. The molecule has 0 aliphatic carbocycles. The van der Waals surface area contributed by atoms with E-state index in [4.69, 9.17) is 0 Å². The van der Waals surface area contributed by atoms with Gasteiger partial charge < -0.3 is 9.80 Å². The van der Waals surface area contributed by atoms with E-state index in [1.54, 1.807) is 0 Å². The minimum Gasteiger partial charge on any atom is -0.311 e. The molecule has 0 atom stereocenters. The highest BCUT2D eigenvalue weighted by atomic mass is 28.3. The van der Waals surface area contributed by atoms with Crippen LogP contribution in [0.4, 0.5) is 34.1 Å². The van der Waals surface area contributed by atoms with Gasteiger partial charge in [0.25, 0.3) is 0 Å². The number of rotatable bonds is 8. The molecule has 1 aliphatic rings. The smallest absolute Gasteiger partial charge is 0.113 e. The van der Waals surface area contributed by atoms with E-state index in [0.29, 0.717) is 0 Å². The highest BCUT2D eigenvalue weighted by Gasteiger charge is 2.39. The van der Waals surface area contributed by atoms with Crippen molar-refractivity contribution in [1.82, 2.24) is 0 Å². The lowest BCUT2D eigenvalue weighted by atomic mass is 9.93. The van der Waals surface area contributed by atoms with Gasteiger partial charge in [-0.3, -0.25) is 0 Å². The monoisotopic (exact) mass is 696 g/mol. The van der Waals surface area contributed by atoms with Crippen molar-refractivity contribution in [2.24, 2.45) is 0 Å². The van der Waals surface area contributed by atoms with Crippen molar-refractivity contribution in [2.75, 3.05) is 9.80 Å². The summed E-state index contributed by atoms with van der Waals surface area (Å²) in [6.45, 7) is 5.01. The molecule has 254 valence electrons. The van der Waals surface area contributed by atoms with E-state index in [0.717, 1.165) is 34.1 Å². The molecule has 53 heavy (non-hydrogen) atoms. The Morgan fingerprint density at radius 3 is 1.15 bits per heavy atom. The third-order valence-electron chi connectivity index (χ3n) is 10.7. The summed E-state index contributed by atoms with van der Waals surface area (Å²) in [6.07, 6.45) is 0. The molecule has 8 aromatic carbocycles. The Bertz CT molecular complexity index is 2420. The normalized spacial score (nSPS) is 12.5. The van der Waals surface area contributed by atoms with Crippen LogP contribution in [0.5, 0.6) is 0 Å². The fourth-order valence-corrected chi connectivity index (χ4v) is 11.1. The topological polar surface area (TPSA) is 6.48 Å². The molecule has 0 N–H and O–H groups in total. The van der Waals surface area contributed by atoms with E-state index in [2.05, 4.69) is 229 Å². The molecule has 0 saturated carbocycles. The number of hydrogen-bond donors (Lipinski definition) is 0. The molecule has 1 heterocycles. The van der Waals surface area contributed by atoms with Crippen molar-refractivity contribution in [3.63, 3.8) is 0 Å². The largest absolute Gasteiger partial charge is 0.311 e. The minimum atomic E-state index is -1.96. The van der Waals surface area contributed by atoms with Crippen LogP contribution in [0.2, 0.25) is 13.1 Å². The zero-order valence-electron chi connectivity index (χ0n) is 30.0. The van der Waals surface area contributed by atoms with Gasteiger partial charge in [0.05, 0.1) is 0 Å². The van der Waals surface area contributed by atoms with E-state index >= 15 is 0 Å². The summed E-state index contributed by atoms with van der Waals surface area (Å²) in [5.41, 5.74) is 14.7. The molecule has 0 aromatic heterocycles. The molecule has 0 spiro atoms. The van der Waals surface area contributed by atoms with Crippen LogP contribution in [0, 0.1) is 0 Å². The zero-order valence-corrected chi connectivity index (χ0v) is 31.0. The lowest BCUT2D eigenvalue weighted by Gasteiger charge is -2.25. The molecule has 0 unspecified atom stereocenters. The highest BCUT2D eigenvalue weighted by Crippen LogP contribution is 2.41. The van der Waals surface area contributed by atoms with Gasteiger partial charge in [0.15, 0.2) is 0 Å². The Kier molecular flexibility index (Phi) is 8.34. The summed E-state index contributed by atoms with van der Waals surface area (Å²) in [6, 6.07) is 74.6. The van der Waals surface area contributed by atoms with Crippen molar-refractivity contribution < 1.29 is 0 Å². The van der Waals surface area contributed by atoms with Gasteiger partial charge in [0, 0.05) is 34.1 Å². The molecule has 0 amide bonds. The fraction of sp³-hybridized carbons (Fsp3) is 0.0400. The number of nitrogens with zero attached hydrogens (tertiary/aromatic N) is 2. The maximum Gasteiger partial charge on any atom is 0.113 e. The highest BCUT2D eigenvalue weighted by molar-refractivity contribution is 7.04. The Morgan fingerprint density at radius 2 is 0.698 bits per heavy atom. The lowest BCUT2D eigenvalue weighted by Crippen LogP contribution is -2.49. The average molecular weight is 697 g/mol. The molecule has 1 aliphatic heterocycles.